The van der Waals surface area contributed by atoms with Gasteiger partial charge in [-0.05, 0) is 23.8 Å². The maximum atomic E-state index is 11.5. The van der Waals surface area contributed by atoms with Gasteiger partial charge in [0.25, 0.3) is 0 Å². The minimum atomic E-state index is -1.03. The van der Waals surface area contributed by atoms with E-state index in [4.69, 9.17) is 0 Å². The molecule has 114 valence electrons. The van der Waals surface area contributed by atoms with Crippen LogP contribution in [0.1, 0.15) is 11.3 Å². The van der Waals surface area contributed by atoms with Gasteiger partial charge in [-0.1, -0.05) is 18.2 Å². The lowest BCUT2D eigenvalue weighted by Crippen LogP contribution is -2.25. The second kappa shape index (κ2) is 6.08. The Balaban J connectivity index is 2.40. The molecule has 1 aromatic heterocycles. The summed E-state index contributed by atoms with van der Waals surface area (Å²) in [6.07, 6.45) is 2.91. The molecule has 0 spiro atoms. The summed E-state index contributed by atoms with van der Waals surface area (Å²) in [5.41, 5.74) is -0.875. The number of rotatable bonds is 4. The molecule has 0 radical (unpaired) electrons. The molecular weight excluding hydrogens is 288 g/mol. The van der Waals surface area contributed by atoms with Crippen LogP contribution in [-0.2, 0) is 0 Å². The topological polar surface area (TPSA) is 112 Å². The van der Waals surface area contributed by atoms with Crippen molar-refractivity contribution in [3.8, 4) is 0 Å². The minimum Gasteiger partial charge on any atom is -0.378 e. The molecule has 22 heavy (non-hydrogen) atoms. The largest absolute Gasteiger partial charge is 0.378 e. The third-order valence-corrected chi connectivity index (χ3v) is 2.98. The number of hydrogen-bond acceptors (Lipinski definition) is 5. The number of nitrogens with zero attached hydrogens (tertiary/aromatic N) is 2. The van der Waals surface area contributed by atoms with Gasteiger partial charge in [0, 0.05) is 19.8 Å². The fourth-order valence-corrected chi connectivity index (χ4v) is 1.86. The van der Waals surface area contributed by atoms with E-state index >= 15 is 0 Å². The van der Waals surface area contributed by atoms with Crippen molar-refractivity contribution in [3.63, 3.8) is 0 Å². The lowest BCUT2D eigenvalue weighted by Gasteiger charge is -2.11. The van der Waals surface area contributed by atoms with E-state index < -0.39 is 21.9 Å². The molecule has 1 heterocycles. The molecule has 8 heteroatoms. The molecule has 0 saturated carbocycles. The van der Waals surface area contributed by atoms with Gasteiger partial charge in [-0.15, -0.1) is 0 Å². The SMILES string of the molecule is CN(C)c1ccc(/C=C/c2[nH]c(=O)[nH]c(=O)c2[N+](=O)[O-])cc1. The van der Waals surface area contributed by atoms with Gasteiger partial charge < -0.3 is 9.88 Å². The van der Waals surface area contributed by atoms with Crippen LogP contribution in [-0.4, -0.2) is 29.0 Å². The lowest BCUT2D eigenvalue weighted by atomic mass is 10.1. The fraction of sp³-hybridized carbons (Fsp3) is 0.143. The summed E-state index contributed by atoms with van der Waals surface area (Å²) in [6.45, 7) is 0. The first kappa shape index (κ1) is 15.2. The fourth-order valence-electron chi connectivity index (χ4n) is 1.86. The van der Waals surface area contributed by atoms with Crippen LogP contribution in [0.3, 0.4) is 0 Å². The van der Waals surface area contributed by atoms with Gasteiger partial charge in [0.15, 0.2) is 0 Å². The van der Waals surface area contributed by atoms with E-state index in [1.165, 1.54) is 6.08 Å². The van der Waals surface area contributed by atoms with Gasteiger partial charge in [-0.25, -0.2) is 4.79 Å². The van der Waals surface area contributed by atoms with Gasteiger partial charge in [0.2, 0.25) is 0 Å². The Bertz CT molecular complexity index is 831. The first-order chi connectivity index (χ1) is 10.4. The molecule has 0 fully saturated rings. The monoisotopic (exact) mass is 302 g/mol. The second-order valence-electron chi connectivity index (χ2n) is 4.75. The highest BCUT2D eigenvalue weighted by Crippen LogP contribution is 2.16. The van der Waals surface area contributed by atoms with E-state index in [9.17, 15) is 19.7 Å². The van der Waals surface area contributed by atoms with Crippen molar-refractivity contribution >= 4 is 23.5 Å². The molecule has 0 saturated heterocycles. The van der Waals surface area contributed by atoms with Crippen LogP contribution in [0.2, 0.25) is 0 Å². The number of nitro groups is 1. The number of anilines is 1. The van der Waals surface area contributed by atoms with Crippen LogP contribution >= 0.6 is 0 Å². The molecule has 2 N–H and O–H groups in total. The second-order valence-corrected chi connectivity index (χ2v) is 4.75. The molecule has 0 aliphatic rings. The summed E-state index contributed by atoms with van der Waals surface area (Å²) in [6, 6.07) is 7.41. The Morgan fingerprint density at radius 3 is 2.27 bits per heavy atom. The predicted molar refractivity (Wildman–Crippen MR) is 84.0 cm³/mol. The molecule has 8 nitrogen and oxygen atoms in total. The average Bonchev–Trinajstić information content (AvgIpc) is 2.44. The van der Waals surface area contributed by atoms with Crippen LogP contribution in [0.15, 0.2) is 33.9 Å². The maximum Gasteiger partial charge on any atom is 0.357 e. The number of aromatic nitrogens is 2. The van der Waals surface area contributed by atoms with Gasteiger partial charge in [0.05, 0.1) is 4.92 Å². The highest BCUT2D eigenvalue weighted by atomic mass is 16.6. The van der Waals surface area contributed by atoms with E-state index in [2.05, 4.69) is 4.98 Å². The number of hydrogen-bond donors (Lipinski definition) is 2. The zero-order chi connectivity index (χ0) is 16.3. The van der Waals surface area contributed by atoms with Crippen LogP contribution < -0.4 is 16.1 Å². The highest BCUT2D eigenvalue weighted by molar-refractivity contribution is 5.72. The first-order valence-electron chi connectivity index (χ1n) is 6.35. The molecule has 0 bridgehead atoms. The van der Waals surface area contributed by atoms with Gasteiger partial charge in [-0.2, -0.15) is 0 Å². The van der Waals surface area contributed by atoms with E-state index in [1.807, 2.05) is 48.2 Å². The summed E-state index contributed by atoms with van der Waals surface area (Å²) in [4.78, 5) is 38.8. The molecule has 0 atom stereocenters. The van der Waals surface area contributed by atoms with Gasteiger partial charge in [-0.3, -0.25) is 19.9 Å². The Hall–Kier alpha value is -3.16. The molecule has 2 aromatic rings. The summed E-state index contributed by atoms with van der Waals surface area (Å²) in [5, 5.41) is 10.9. The number of aromatic amines is 2. The molecule has 0 amide bonds. The lowest BCUT2D eigenvalue weighted by molar-refractivity contribution is -0.386. The van der Waals surface area contributed by atoms with Crippen molar-refractivity contribution in [3.05, 3.63) is 66.5 Å². The van der Waals surface area contributed by atoms with Crippen molar-refractivity contribution < 1.29 is 4.92 Å². The minimum absolute atomic E-state index is 0.143. The molecular formula is C14H14N4O4. The van der Waals surface area contributed by atoms with Crippen molar-refractivity contribution in [2.45, 2.75) is 0 Å². The summed E-state index contributed by atoms with van der Waals surface area (Å²) in [7, 11) is 3.82. The summed E-state index contributed by atoms with van der Waals surface area (Å²) >= 11 is 0. The summed E-state index contributed by atoms with van der Waals surface area (Å²) < 4.78 is 0. The summed E-state index contributed by atoms with van der Waals surface area (Å²) in [5.74, 6) is 0. The normalized spacial score (nSPS) is 10.8. The van der Waals surface area contributed by atoms with E-state index in [0.717, 1.165) is 11.3 Å². The molecule has 0 aliphatic carbocycles. The van der Waals surface area contributed by atoms with E-state index in [1.54, 1.807) is 6.08 Å². The Kier molecular flexibility index (Phi) is 4.21. The molecule has 1 aromatic carbocycles. The molecule has 0 unspecified atom stereocenters. The number of nitrogens with one attached hydrogen (secondary N) is 2. The van der Waals surface area contributed by atoms with Crippen molar-refractivity contribution in [2.24, 2.45) is 0 Å². The predicted octanol–water partition coefficient (Wildman–Crippen LogP) is 1.21. The standard InChI is InChI=1S/C14H14N4O4/c1-17(2)10-6-3-9(4-7-10)5-8-11-12(18(21)22)13(19)16-14(20)15-11/h3-8H,1-2H3,(H2,15,16,19,20)/b8-5+. The first-order valence-corrected chi connectivity index (χ1v) is 6.35. The highest BCUT2D eigenvalue weighted by Gasteiger charge is 2.18. The zero-order valence-electron chi connectivity index (χ0n) is 12.0. The van der Waals surface area contributed by atoms with Crippen molar-refractivity contribution in [1.82, 2.24) is 9.97 Å². The average molecular weight is 302 g/mol. The Morgan fingerprint density at radius 1 is 1.09 bits per heavy atom. The Morgan fingerprint density at radius 2 is 1.73 bits per heavy atom. The van der Waals surface area contributed by atoms with E-state index in [0.29, 0.717) is 0 Å². The smallest absolute Gasteiger partial charge is 0.357 e. The third-order valence-electron chi connectivity index (χ3n) is 2.98. The van der Waals surface area contributed by atoms with Crippen LogP contribution in [0.4, 0.5) is 11.4 Å². The quantitative estimate of drug-likeness (QED) is 0.651. The van der Waals surface area contributed by atoms with Crippen LogP contribution in [0, 0.1) is 10.1 Å². The maximum absolute atomic E-state index is 11.5. The van der Waals surface area contributed by atoms with Crippen LogP contribution in [0.25, 0.3) is 12.2 Å². The van der Waals surface area contributed by atoms with Gasteiger partial charge >= 0.3 is 16.9 Å². The van der Waals surface area contributed by atoms with E-state index in [-0.39, 0.29) is 5.69 Å². The van der Waals surface area contributed by atoms with Gasteiger partial charge in [0.1, 0.15) is 5.69 Å². The third kappa shape index (κ3) is 3.29. The van der Waals surface area contributed by atoms with Crippen molar-refractivity contribution in [2.75, 3.05) is 19.0 Å². The van der Waals surface area contributed by atoms with Crippen molar-refractivity contribution in [1.29, 1.82) is 0 Å². The Labute approximate surface area is 124 Å². The number of H-pyrrole nitrogens is 2. The zero-order valence-corrected chi connectivity index (χ0v) is 12.0. The molecule has 0 aliphatic heterocycles. The molecule has 2 rings (SSSR count). The van der Waals surface area contributed by atoms with Crippen LogP contribution in [0.5, 0.6) is 0 Å². The number of benzene rings is 1.